The van der Waals surface area contributed by atoms with E-state index in [1.165, 1.54) is 16.7 Å². The molecule has 2 aromatic heterocycles. The number of carboxylic acids is 1. The number of aromatic carboxylic acids is 1. The Hall–Kier alpha value is -1.87. The van der Waals surface area contributed by atoms with Crippen molar-refractivity contribution in [3.05, 3.63) is 26.7 Å². The van der Waals surface area contributed by atoms with Gasteiger partial charge in [-0.05, 0) is 24.9 Å². The zero-order chi connectivity index (χ0) is 14.7. The van der Waals surface area contributed by atoms with Crippen LogP contribution in [0, 0.1) is 0 Å². The standard InChI is InChI=1S/C11H12N4O3S2/c1-3-6-8(20-15-14-6)9(16)12-5(2)10-13-7(4-19-10)11(17)18/h4-5H,3H2,1-2H3,(H,12,16)(H,17,18). The van der Waals surface area contributed by atoms with Crippen LogP contribution in [0.15, 0.2) is 5.38 Å². The summed E-state index contributed by atoms with van der Waals surface area (Å²) in [5.74, 6) is -1.35. The van der Waals surface area contributed by atoms with Gasteiger partial charge in [-0.3, -0.25) is 4.79 Å². The molecular formula is C11H12N4O3S2. The highest BCUT2D eigenvalue weighted by atomic mass is 32.1. The van der Waals surface area contributed by atoms with Gasteiger partial charge in [0.1, 0.15) is 9.88 Å². The molecule has 7 nitrogen and oxygen atoms in total. The Labute approximate surface area is 122 Å². The average molecular weight is 312 g/mol. The number of hydrogen-bond acceptors (Lipinski definition) is 7. The lowest BCUT2D eigenvalue weighted by Gasteiger charge is -2.10. The highest BCUT2D eigenvalue weighted by Crippen LogP contribution is 2.19. The maximum absolute atomic E-state index is 12.1. The van der Waals surface area contributed by atoms with E-state index in [0.29, 0.717) is 22.0 Å². The van der Waals surface area contributed by atoms with Gasteiger partial charge in [0.15, 0.2) is 5.69 Å². The van der Waals surface area contributed by atoms with Gasteiger partial charge in [0, 0.05) is 5.38 Å². The van der Waals surface area contributed by atoms with Crippen LogP contribution in [-0.4, -0.2) is 31.6 Å². The summed E-state index contributed by atoms with van der Waals surface area (Å²) in [6.07, 6.45) is 0.633. The van der Waals surface area contributed by atoms with E-state index in [4.69, 9.17) is 5.11 Å². The summed E-state index contributed by atoms with van der Waals surface area (Å²) in [6, 6.07) is -0.368. The van der Waals surface area contributed by atoms with Crippen molar-refractivity contribution in [1.82, 2.24) is 19.9 Å². The molecule has 0 aliphatic carbocycles. The van der Waals surface area contributed by atoms with Crippen LogP contribution < -0.4 is 5.32 Å². The molecule has 2 aromatic rings. The topological polar surface area (TPSA) is 105 Å². The number of nitrogens with zero attached hydrogens (tertiary/aromatic N) is 3. The molecule has 0 saturated carbocycles. The van der Waals surface area contributed by atoms with E-state index in [-0.39, 0.29) is 17.6 Å². The Bertz CT molecular complexity index is 637. The van der Waals surface area contributed by atoms with Crippen LogP contribution in [0.4, 0.5) is 0 Å². The number of hydrogen-bond donors (Lipinski definition) is 2. The summed E-state index contributed by atoms with van der Waals surface area (Å²) in [5, 5.41) is 17.5. The fourth-order valence-electron chi connectivity index (χ4n) is 1.52. The summed E-state index contributed by atoms with van der Waals surface area (Å²) in [7, 11) is 0. The molecule has 1 amide bonds. The SMILES string of the molecule is CCc1nnsc1C(=O)NC(C)c1nc(C(=O)O)cs1. The van der Waals surface area contributed by atoms with Crippen LogP contribution in [0.3, 0.4) is 0 Å². The first-order valence-corrected chi connectivity index (χ1v) is 7.49. The minimum absolute atomic E-state index is 0.0141. The molecule has 0 aliphatic heterocycles. The van der Waals surface area contributed by atoms with Gasteiger partial charge in [0.05, 0.1) is 11.7 Å². The van der Waals surface area contributed by atoms with Crippen LogP contribution in [0.5, 0.6) is 0 Å². The van der Waals surface area contributed by atoms with Gasteiger partial charge >= 0.3 is 5.97 Å². The highest BCUT2D eigenvalue weighted by molar-refractivity contribution is 7.10. The van der Waals surface area contributed by atoms with Gasteiger partial charge in [-0.25, -0.2) is 9.78 Å². The molecule has 0 bridgehead atoms. The van der Waals surface area contributed by atoms with Gasteiger partial charge in [0.25, 0.3) is 5.91 Å². The number of aryl methyl sites for hydroxylation is 1. The quantitative estimate of drug-likeness (QED) is 0.871. The van der Waals surface area contributed by atoms with Crippen LogP contribution in [0.25, 0.3) is 0 Å². The molecule has 2 rings (SSSR count). The third-order valence-electron chi connectivity index (χ3n) is 2.56. The van der Waals surface area contributed by atoms with Crippen molar-refractivity contribution in [1.29, 1.82) is 0 Å². The van der Waals surface area contributed by atoms with Gasteiger partial charge in [0.2, 0.25) is 0 Å². The van der Waals surface area contributed by atoms with Crippen LogP contribution in [0.1, 0.15) is 50.8 Å². The van der Waals surface area contributed by atoms with E-state index in [1.807, 2.05) is 6.92 Å². The van der Waals surface area contributed by atoms with E-state index < -0.39 is 5.97 Å². The Balaban J connectivity index is 2.09. The lowest BCUT2D eigenvalue weighted by atomic mass is 10.2. The zero-order valence-corrected chi connectivity index (χ0v) is 12.4. The number of carbonyl (C=O) groups is 2. The van der Waals surface area contributed by atoms with Crippen molar-refractivity contribution in [2.45, 2.75) is 26.3 Å². The summed E-state index contributed by atoms with van der Waals surface area (Å²) < 4.78 is 3.76. The molecule has 106 valence electrons. The van der Waals surface area contributed by atoms with Crippen molar-refractivity contribution < 1.29 is 14.7 Å². The van der Waals surface area contributed by atoms with Gasteiger partial charge in [-0.2, -0.15) is 0 Å². The minimum Gasteiger partial charge on any atom is -0.476 e. The second kappa shape index (κ2) is 6.06. The number of nitrogens with one attached hydrogen (secondary N) is 1. The number of carbonyl (C=O) groups excluding carboxylic acids is 1. The molecule has 0 saturated heterocycles. The van der Waals surface area contributed by atoms with E-state index in [2.05, 4.69) is 19.9 Å². The first-order valence-electron chi connectivity index (χ1n) is 5.83. The van der Waals surface area contributed by atoms with Gasteiger partial charge in [-0.1, -0.05) is 11.4 Å². The number of amides is 1. The number of thiazole rings is 1. The predicted octanol–water partition coefficient (Wildman–Crippen LogP) is 1.75. The molecule has 9 heteroatoms. The average Bonchev–Trinajstić information content (AvgIpc) is 3.07. The second-order valence-electron chi connectivity index (χ2n) is 3.97. The largest absolute Gasteiger partial charge is 0.476 e. The lowest BCUT2D eigenvalue weighted by molar-refractivity contribution is 0.0691. The highest BCUT2D eigenvalue weighted by Gasteiger charge is 2.20. The lowest BCUT2D eigenvalue weighted by Crippen LogP contribution is -2.26. The van der Waals surface area contributed by atoms with E-state index in [1.54, 1.807) is 6.92 Å². The summed E-state index contributed by atoms with van der Waals surface area (Å²) >= 11 is 2.25. The molecular weight excluding hydrogens is 300 g/mol. The molecule has 1 unspecified atom stereocenters. The fraction of sp³-hybridized carbons (Fsp3) is 0.364. The Morgan fingerprint density at radius 1 is 1.50 bits per heavy atom. The van der Waals surface area contributed by atoms with Crippen molar-refractivity contribution in [2.24, 2.45) is 0 Å². The third kappa shape index (κ3) is 2.99. The Morgan fingerprint density at radius 3 is 2.85 bits per heavy atom. The van der Waals surface area contributed by atoms with Crippen molar-refractivity contribution in [3.63, 3.8) is 0 Å². The molecule has 20 heavy (non-hydrogen) atoms. The van der Waals surface area contributed by atoms with Gasteiger partial charge in [-0.15, -0.1) is 16.4 Å². The third-order valence-corrected chi connectivity index (χ3v) is 4.35. The van der Waals surface area contributed by atoms with E-state index in [0.717, 1.165) is 11.5 Å². The first kappa shape index (κ1) is 14.5. The zero-order valence-electron chi connectivity index (χ0n) is 10.8. The second-order valence-corrected chi connectivity index (χ2v) is 5.62. The van der Waals surface area contributed by atoms with Crippen LogP contribution in [-0.2, 0) is 6.42 Å². The number of rotatable bonds is 5. The van der Waals surface area contributed by atoms with Crippen LogP contribution >= 0.6 is 22.9 Å². The molecule has 0 radical (unpaired) electrons. The monoisotopic (exact) mass is 312 g/mol. The number of aromatic nitrogens is 3. The molecule has 2 N–H and O–H groups in total. The predicted molar refractivity (Wildman–Crippen MR) is 74.2 cm³/mol. The maximum Gasteiger partial charge on any atom is 0.355 e. The van der Waals surface area contributed by atoms with Crippen molar-refractivity contribution in [3.8, 4) is 0 Å². The normalized spacial score (nSPS) is 12.1. The maximum atomic E-state index is 12.1. The molecule has 0 spiro atoms. The fourth-order valence-corrected chi connectivity index (χ4v) is 2.97. The van der Waals surface area contributed by atoms with Crippen molar-refractivity contribution in [2.75, 3.05) is 0 Å². The molecule has 1 atom stereocenters. The molecule has 0 aromatic carbocycles. The smallest absolute Gasteiger partial charge is 0.355 e. The Kier molecular flexibility index (Phi) is 4.40. The first-order chi connectivity index (χ1) is 9.52. The minimum atomic E-state index is -1.08. The Morgan fingerprint density at radius 2 is 2.25 bits per heavy atom. The number of carboxylic acid groups (broad SMARTS) is 1. The molecule has 0 aliphatic rings. The summed E-state index contributed by atoms with van der Waals surface area (Å²) in [5.41, 5.74) is 0.643. The summed E-state index contributed by atoms with van der Waals surface area (Å²) in [4.78, 5) is 27.3. The molecule has 2 heterocycles. The van der Waals surface area contributed by atoms with Crippen LogP contribution in [0.2, 0.25) is 0 Å². The van der Waals surface area contributed by atoms with E-state index >= 15 is 0 Å². The summed E-state index contributed by atoms with van der Waals surface area (Å²) in [6.45, 7) is 3.65. The van der Waals surface area contributed by atoms with E-state index in [9.17, 15) is 9.59 Å². The molecule has 0 fully saturated rings. The van der Waals surface area contributed by atoms with Crippen molar-refractivity contribution >= 4 is 34.7 Å². The van der Waals surface area contributed by atoms with Gasteiger partial charge < -0.3 is 10.4 Å².